The van der Waals surface area contributed by atoms with Crippen LogP contribution in [0.25, 0.3) is 0 Å². The van der Waals surface area contributed by atoms with Gasteiger partial charge in [-0.05, 0) is 32.5 Å². The van der Waals surface area contributed by atoms with Crippen LogP contribution in [0.1, 0.15) is 47.5 Å². The molecule has 1 aliphatic heterocycles. The molecule has 132 valence electrons. The van der Waals surface area contributed by atoms with Crippen LogP contribution in [0, 0.1) is 5.92 Å². The third kappa shape index (κ3) is 10.1. The van der Waals surface area contributed by atoms with Gasteiger partial charge in [-0.25, -0.2) is 0 Å². The number of carbonyl (C=O) groups is 1. The van der Waals surface area contributed by atoms with Crippen LogP contribution in [0.4, 0.5) is 0 Å². The first-order valence-electron chi connectivity index (χ1n) is 8.94. The minimum absolute atomic E-state index is 0.0491. The summed E-state index contributed by atoms with van der Waals surface area (Å²) in [5, 5.41) is 6.37. The largest absolute Gasteiger partial charge is 0.378 e. The maximum atomic E-state index is 11.3. The Bertz CT molecular complexity index is 265. The predicted molar refractivity (Wildman–Crippen MR) is 93.2 cm³/mol. The van der Waals surface area contributed by atoms with Crippen molar-refractivity contribution in [2.24, 2.45) is 5.92 Å². The average Bonchev–Trinajstić information content (AvgIpc) is 2.54. The summed E-state index contributed by atoms with van der Waals surface area (Å²) in [6.07, 6.45) is 2.47. The van der Waals surface area contributed by atoms with Crippen molar-refractivity contribution in [2.45, 2.75) is 53.5 Å². The van der Waals surface area contributed by atoms with Crippen molar-refractivity contribution in [3.63, 3.8) is 0 Å². The zero-order chi connectivity index (χ0) is 16.8. The number of ether oxygens (including phenoxy) is 1. The molecule has 1 aliphatic rings. The van der Waals surface area contributed by atoms with Gasteiger partial charge in [0.25, 0.3) is 0 Å². The molecule has 0 bridgehead atoms. The Morgan fingerprint density at radius 3 is 2.41 bits per heavy atom. The molecular formula is C17H37N3O2. The second-order valence-electron chi connectivity index (χ2n) is 5.73. The number of likely N-dealkylation sites (tertiary alicyclic amines) is 1. The van der Waals surface area contributed by atoms with E-state index >= 15 is 0 Å². The number of rotatable bonds is 9. The van der Waals surface area contributed by atoms with Gasteiger partial charge in [0, 0.05) is 25.0 Å². The normalized spacial score (nSPS) is 16.3. The van der Waals surface area contributed by atoms with E-state index in [2.05, 4.69) is 22.5 Å². The van der Waals surface area contributed by atoms with Gasteiger partial charge >= 0.3 is 0 Å². The lowest BCUT2D eigenvalue weighted by molar-refractivity contribution is -0.124. The van der Waals surface area contributed by atoms with Crippen molar-refractivity contribution in [2.75, 3.05) is 45.9 Å². The molecule has 0 radical (unpaired) electrons. The molecule has 1 saturated heterocycles. The molecule has 0 unspecified atom stereocenters. The van der Waals surface area contributed by atoms with E-state index in [0.29, 0.717) is 19.2 Å². The van der Waals surface area contributed by atoms with E-state index in [-0.39, 0.29) is 11.8 Å². The summed E-state index contributed by atoms with van der Waals surface area (Å²) < 4.78 is 5.57. The highest BCUT2D eigenvalue weighted by Crippen LogP contribution is 2.09. The van der Waals surface area contributed by atoms with Crippen LogP contribution in [0.3, 0.4) is 0 Å². The minimum Gasteiger partial charge on any atom is -0.378 e. The number of hydrogen-bond acceptors (Lipinski definition) is 4. The first-order valence-corrected chi connectivity index (χ1v) is 8.94. The monoisotopic (exact) mass is 315 g/mol. The van der Waals surface area contributed by atoms with Crippen LogP contribution in [0.5, 0.6) is 0 Å². The molecule has 0 spiro atoms. The van der Waals surface area contributed by atoms with Crippen LogP contribution in [0.2, 0.25) is 0 Å². The minimum atomic E-state index is 0.0491. The Balaban J connectivity index is 0.00000211. The molecule has 0 saturated carbocycles. The van der Waals surface area contributed by atoms with Crippen LogP contribution < -0.4 is 10.6 Å². The number of amides is 1. The van der Waals surface area contributed by atoms with E-state index in [4.69, 9.17) is 4.74 Å². The molecule has 2 N–H and O–H groups in total. The lowest BCUT2D eigenvalue weighted by Gasteiger charge is -2.32. The molecule has 0 aromatic heterocycles. The van der Waals surface area contributed by atoms with Crippen molar-refractivity contribution in [1.82, 2.24) is 15.5 Å². The van der Waals surface area contributed by atoms with Gasteiger partial charge in [0.2, 0.25) is 5.91 Å². The van der Waals surface area contributed by atoms with Crippen molar-refractivity contribution >= 4 is 5.91 Å². The smallest absolute Gasteiger partial charge is 0.222 e. The number of carbonyl (C=O) groups excluding carboxylic acids is 1. The van der Waals surface area contributed by atoms with E-state index in [1.807, 2.05) is 27.7 Å². The molecule has 1 amide bonds. The van der Waals surface area contributed by atoms with E-state index < -0.39 is 0 Å². The van der Waals surface area contributed by atoms with Crippen LogP contribution >= 0.6 is 0 Å². The van der Waals surface area contributed by atoms with Gasteiger partial charge in [0.05, 0.1) is 13.2 Å². The standard InChI is InChI=1S/C15H31N3O2.C2H6/c1-4-16-14-5-8-18(9-6-14)10-12-20-11-7-17-15(19)13(2)3;1-2/h13-14,16H,4-12H2,1-3H3,(H,17,19);1-2H3. The Labute approximate surface area is 137 Å². The number of piperidine rings is 1. The Morgan fingerprint density at radius 2 is 1.86 bits per heavy atom. The molecule has 1 rings (SSSR count). The van der Waals surface area contributed by atoms with Crippen molar-refractivity contribution in [1.29, 1.82) is 0 Å². The molecule has 0 aromatic carbocycles. The number of nitrogens with one attached hydrogen (secondary N) is 2. The highest BCUT2D eigenvalue weighted by molar-refractivity contribution is 5.77. The van der Waals surface area contributed by atoms with E-state index in [0.717, 1.165) is 32.8 Å². The fourth-order valence-electron chi connectivity index (χ4n) is 2.40. The van der Waals surface area contributed by atoms with Gasteiger partial charge in [-0.3, -0.25) is 4.79 Å². The van der Waals surface area contributed by atoms with Gasteiger partial charge in [-0.15, -0.1) is 0 Å². The van der Waals surface area contributed by atoms with E-state index in [1.54, 1.807) is 0 Å². The fraction of sp³-hybridized carbons (Fsp3) is 0.941. The predicted octanol–water partition coefficient (Wildman–Crippen LogP) is 1.88. The first-order chi connectivity index (χ1) is 10.6. The Kier molecular flexibility index (Phi) is 13.6. The van der Waals surface area contributed by atoms with Gasteiger partial charge in [0.15, 0.2) is 0 Å². The highest BCUT2D eigenvalue weighted by atomic mass is 16.5. The summed E-state index contributed by atoms with van der Waals surface area (Å²) in [7, 11) is 0. The highest BCUT2D eigenvalue weighted by Gasteiger charge is 2.17. The molecule has 0 atom stereocenters. The average molecular weight is 316 g/mol. The SMILES string of the molecule is CC.CCNC1CCN(CCOCCNC(=O)C(C)C)CC1. The lowest BCUT2D eigenvalue weighted by Crippen LogP contribution is -2.43. The van der Waals surface area contributed by atoms with Crippen molar-refractivity contribution in [3.05, 3.63) is 0 Å². The van der Waals surface area contributed by atoms with Gasteiger partial charge < -0.3 is 20.3 Å². The van der Waals surface area contributed by atoms with E-state index in [9.17, 15) is 4.79 Å². The van der Waals surface area contributed by atoms with Crippen LogP contribution in [-0.2, 0) is 9.53 Å². The summed E-state index contributed by atoms with van der Waals surface area (Å²) in [5.41, 5.74) is 0. The molecule has 5 nitrogen and oxygen atoms in total. The second kappa shape index (κ2) is 14.0. The molecule has 22 heavy (non-hydrogen) atoms. The Morgan fingerprint density at radius 1 is 1.23 bits per heavy atom. The molecular weight excluding hydrogens is 278 g/mol. The zero-order valence-electron chi connectivity index (χ0n) is 15.3. The summed E-state index contributed by atoms with van der Waals surface area (Å²) >= 11 is 0. The molecule has 0 aliphatic carbocycles. The summed E-state index contributed by atoms with van der Waals surface area (Å²) in [5.74, 6) is 0.145. The quantitative estimate of drug-likeness (QED) is 0.638. The molecule has 1 heterocycles. The number of nitrogens with zero attached hydrogens (tertiary/aromatic N) is 1. The summed E-state index contributed by atoms with van der Waals surface area (Å²) in [4.78, 5) is 13.8. The van der Waals surface area contributed by atoms with E-state index in [1.165, 1.54) is 12.8 Å². The first kappa shape index (κ1) is 21.4. The summed E-state index contributed by atoms with van der Waals surface area (Å²) in [6, 6.07) is 0.698. The molecule has 5 heteroatoms. The maximum Gasteiger partial charge on any atom is 0.222 e. The Hall–Kier alpha value is -0.650. The van der Waals surface area contributed by atoms with Crippen molar-refractivity contribution < 1.29 is 9.53 Å². The summed E-state index contributed by atoms with van der Waals surface area (Å²) in [6.45, 7) is 16.3. The van der Waals surface area contributed by atoms with Crippen LogP contribution in [-0.4, -0.2) is 62.8 Å². The molecule has 1 fully saturated rings. The topological polar surface area (TPSA) is 53.6 Å². The molecule has 0 aromatic rings. The van der Waals surface area contributed by atoms with Gasteiger partial charge in [-0.2, -0.15) is 0 Å². The fourth-order valence-corrected chi connectivity index (χ4v) is 2.40. The lowest BCUT2D eigenvalue weighted by atomic mass is 10.1. The van der Waals surface area contributed by atoms with Gasteiger partial charge in [0.1, 0.15) is 0 Å². The third-order valence-corrected chi connectivity index (χ3v) is 3.70. The van der Waals surface area contributed by atoms with Crippen LogP contribution in [0.15, 0.2) is 0 Å². The third-order valence-electron chi connectivity index (χ3n) is 3.70. The maximum absolute atomic E-state index is 11.3. The van der Waals surface area contributed by atoms with Gasteiger partial charge in [-0.1, -0.05) is 34.6 Å². The zero-order valence-corrected chi connectivity index (χ0v) is 15.3. The number of hydrogen-bond donors (Lipinski definition) is 2. The second-order valence-corrected chi connectivity index (χ2v) is 5.73. The van der Waals surface area contributed by atoms with Crippen molar-refractivity contribution in [3.8, 4) is 0 Å².